The van der Waals surface area contributed by atoms with Crippen LogP contribution in [0.1, 0.15) is 31.9 Å². The third kappa shape index (κ3) is 3.57. The zero-order valence-corrected chi connectivity index (χ0v) is 11.0. The van der Waals surface area contributed by atoms with Crippen LogP contribution in [-0.4, -0.2) is 28.0 Å². The molecule has 15 heavy (non-hydrogen) atoms. The fourth-order valence-electron chi connectivity index (χ4n) is 1.43. The summed E-state index contributed by atoms with van der Waals surface area (Å²) in [4.78, 5) is 0. The fraction of sp³-hybridized carbons (Fsp3) is 0.800. The Labute approximate surface area is 99.2 Å². The molecule has 5 heteroatoms. The second kappa shape index (κ2) is 6.95. The van der Waals surface area contributed by atoms with Gasteiger partial charge in [0.2, 0.25) is 0 Å². The van der Waals surface area contributed by atoms with Crippen LogP contribution in [0, 0.1) is 0 Å². The van der Waals surface area contributed by atoms with Crippen LogP contribution < -0.4 is 0 Å². The minimum absolute atomic E-state index is 0.730. The highest BCUT2D eigenvalue weighted by atomic mass is 79.9. The predicted octanol–water partition coefficient (Wildman–Crippen LogP) is 2.16. The van der Waals surface area contributed by atoms with E-state index in [1.165, 1.54) is 0 Å². The Bertz CT molecular complexity index is 288. The molecule has 0 N–H and O–H groups in total. The number of aromatic nitrogens is 3. The summed E-state index contributed by atoms with van der Waals surface area (Å²) in [5.41, 5.74) is 0. The maximum atomic E-state index is 5.44. The molecular formula is C10H18BrN3O. The summed E-state index contributed by atoms with van der Waals surface area (Å²) in [6, 6.07) is 0. The van der Waals surface area contributed by atoms with Gasteiger partial charge >= 0.3 is 0 Å². The molecule has 0 aliphatic heterocycles. The van der Waals surface area contributed by atoms with Crippen molar-refractivity contribution in [2.75, 3.05) is 13.2 Å². The summed E-state index contributed by atoms with van der Waals surface area (Å²) in [7, 11) is 0. The summed E-state index contributed by atoms with van der Waals surface area (Å²) in [5, 5.41) is 9.03. The Kier molecular flexibility index (Phi) is 5.86. The third-order valence-corrected chi connectivity index (χ3v) is 2.66. The van der Waals surface area contributed by atoms with E-state index in [9.17, 15) is 0 Å². The quantitative estimate of drug-likeness (QED) is 0.566. The molecule has 0 unspecified atom stereocenters. The van der Waals surface area contributed by atoms with Crippen molar-refractivity contribution in [3.05, 3.63) is 11.6 Å². The van der Waals surface area contributed by atoms with Gasteiger partial charge in [-0.1, -0.05) is 22.9 Å². The zero-order chi connectivity index (χ0) is 11.1. The minimum Gasteiger partial charge on any atom is -0.381 e. The van der Waals surface area contributed by atoms with E-state index in [0.717, 1.165) is 49.6 Å². The average Bonchev–Trinajstić information content (AvgIpc) is 2.66. The van der Waals surface area contributed by atoms with Gasteiger partial charge in [0, 0.05) is 19.6 Å². The highest BCUT2D eigenvalue weighted by Gasteiger charge is 2.08. The van der Waals surface area contributed by atoms with Gasteiger partial charge in [0.1, 0.15) is 11.6 Å². The molecule has 1 rings (SSSR count). The molecule has 0 aliphatic rings. The van der Waals surface area contributed by atoms with Gasteiger partial charge in [-0.25, -0.2) is 0 Å². The molecule has 1 heterocycles. The van der Waals surface area contributed by atoms with E-state index in [-0.39, 0.29) is 0 Å². The molecule has 4 nitrogen and oxygen atoms in total. The minimum atomic E-state index is 0.730. The van der Waals surface area contributed by atoms with E-state index in [1.54, 1.807) is 0 Å². The predicted molar refractivity (Wildman–Crippen MR) is 63.1 cm³/mol. The first-order valence-electron chi connectivity index (χ1n) is 5.38. The number of nitrogens with zero attached hydrogens (tertiary/aromatic N) is 3. The Morgan fingerprint density at radius 2 is 1.93 bits per heavy atom. The highest BCUT2D eigenvalue weighted by Crippen LogP contribution is 2.06. The average molecular weight is 276 g/mol. The summed E-state index contributed by atoms with van der Waals surface area (Å²) >= 11 is 3.40. The van der Waals surface area contributed by atoms with Crippen molar-refractivity contribution in [2.45, 2.75) is 38.6 Å². The zero-order valence-electron chi connectivity index (χ0n) is 9.37. The standard InChI is InChI=1S/C10H18BrN3O/c1-3-6-15-7-5-9-12-13-10(8-11)14(9)4-2/h3-8H2,1-2H3. The number of hydrogen-bond donors (Lipinski definition) is 0. The molecule has 0 amide bonds. The summed E-state index contributed by atoms with van der Waals surface area (Å²) in [6.07, 6.45) is 1.90. The van der Waals surface area contributed by atoms with Crippen LogP contribution in [-0.2, 0) is 23.0 Å². The van der Waals surface area contributed by atoms with Gasteiger partial charge in [0.25, 0.3) is 0 Å². The fourth-order valence-corrected chi connectivity index (χ4v) is 1.85. The van der Waals surface area contributed by atoms with Gasteiger partial charge in [-0.3, -0.25) is 0 Å². The smallest absolute Gasteiger partial charge is 0.143 e. The van der Waals surface area contributed by atoms with Crippen molar-refractivity contribution in [3.8, 4) is 0 Å². The summed E-state index contributed by atoms with van der Waals surface area (Å²) in [5.74, 6) is 2.01. The topological polar surface area (TPSA) is 39.9 Å². The molecule has 1 aromatic heterocycles. The Morgan fingerprint density at radius 3 is 2.53 bits per heavy atom. The van der Waals surface area contributed by atoms with Gasteiger partial charge in [-0.05, 0) is 13.3 Å². The van der Waals surface area contributed by atoms with Crippen LogP contribution in [0.3, 0.4) is 0 Å². The summed E-state index contributed by atoms with van der Waals surface area (Å²) < 4.78 is 7.57. The normalized spacial score (nSPS) is 10.9. The van der Waals surface area contributed by atoms with Crippen LogP contribution in [0.25, 0.3) is 0 Å². The first kappa shape index (κ1) is 12.6. The van der Waals surface area contributed by atoms with Gasteiger partial charge in [-0.15, -0.1) is 10.2 Å². The largest absolute Gasteiger partial charge is 0.381 e. The van der Waals surface area contributed by atoms with Gasteiger partial charge in [-0.2, -0.15) is 0 Å². The van der Waals surface area contributed by atoms with E-state index < -0.39 is 0 Å². The molecule has 86 valence electrons. The number of halogens is 1. The van der Waals surface area contributed by atoms with E-state index in [0.29, 0.717) is 0 Å². The van der Waals surface area contributed by atoms with Gasteiger partial charge in [0.15, 0.2) is 0 Å². The second-order valence-corrected chi connectivity index (χ2v) is 3.83. The molecule has 0 saturated carbocycles. The van der Waals surface area contributed by atoms with Crippen molar-refractivity contribution in [2.24, 2.45) is 0 Å². The molecule has 0 aliphatic carbocycles. The Balaban J connectivity index is 2.49. The number of ether oxygens (including phenoxy) is 1. The molecule has 0 atom stereocenters. The first-order chi connectivity index (χ1) is 7.33. The summed E-state index contributed by atoms with van der Waals surface area (Å²) in [6.45, 7) is 6.68. The van der Waals surface area contributed by atoms with Crippen molar-refractivity contribution in [1.29, 1.82) is 0 Å². The Morgan fingerprint density at radius 1 is 1.20 bits per heavy atom. The molecule has 0 radical (unpaired) electrons. The van der Waals surface area contributed by atoms with Crippen LogP contribution >= 0.6 is 15.9 Å². The lowest BCUT2D eigenvalue weighted by Gasteiger charge is -2.06. The van der Waals surface area contributed by atoms with Gasteiger partial charge < -0.3 is 9.30 Å². The SMILES string of the molecule is CCCOCCc1nnc(CBr)n1CC. The van der Waals surface area contributed by atoms with Crippen molar-refractivity contribution < 1.29 is 4.74 Å². The second-order valence-electron chi connectivity index (χ2n) is 3.27. The molecule has 1 aromatic rings. The van der Waals surface area contributed by atoms with E-state index >= 15 is 0 Å². The molecule has 0 saturated heterocycles. The maximum absolute atomic E-state index is 5.44. The highest BCUT2D eigenvalue weighted by molar-refractivity contribution is 9.08. The molecule has 0 aromatic carbocycles. The van der Waals surface area contributed by atoms with Crippen LogP contribution in [0.5, 0.6) is 0 Å². The first-order valence-corrected chi connectivity index (χ1v) is 6.50. The maximum Gasteiger partial charge on any atom is 0.143 e. The van der Waals surface area contributed by atoms with Gasteiger partial charge in [0.05, 0.1) is 11.9 Å². The van der Waals surface area contributed by atoms with Crippen LogP contribution in [0.4, 0.5) is 0 Å². The Hall–Kier alpha value is -0.420. The van der Waals surface area contributed by atoms with Crippen LogP contribution in [0.2, 0.25) is 0 Å². The molecule has 0 fully saturated rings. The van der Waals surface area contributed by atoms with Crippen molar-refractivity contribution >= 4 is 15.9 Å². The number of hydrogen-bond acceptors (Lipinski definition) is 3. The molecular weight excluding hydrogens is 258 g/mol. The van der Waals surface area contributed by atoms with Crippen molar-refractivity contribution in [3.63, 3.8) is 0 Å². The third-order valence-electron chi connectivity index (χ3n) is 2.16. The van der Waals surface area contributed by atoms with E-state index in [2.05, 4.69) is 44.5 Å². The lowest BCUT2D eigenvalue weighted by Crippen LogP contribution is -2.08. The molecule has 0 spiro atoms. The lowest BCUT2D eigenvalue weighted by atomic mass is 10.4. The number of alkyl halides is 1. The van der Waals surface area contributed by atoms with E-state index in [4.69, 9.17) is 4.74 Å². The van der Waals surface area contributed by atoms with E-state index in [1.807, 2.05) is 0 Å². The van der Waals surface area contributed by atoms with Crippen molar-refractivity contribution in [1.82, 2.24) is 14.8 Å². The molecule has 0 bridgehead atoms. The lowest BCUT2D eigenvalue weighted by molar-refractivity contribution is 0.136. The van der Waals surface area contributed by atoms with Crippen LogP contribution in [0.15, 0.2) is 0 Å². The number of rotatable bonds is 7. The monoisotopic (exact) mass is 275 g/mol.